The van der Waals surface area contributed by atoms with Gasteiger partial charge in [0.25, 0.3) is 0 Å². The van der Waals surface area contributed by atoms with Crippen molar-refractivity contribution in [1.29, 1.82) is 0 Å². The molecular formula is C55H37N2O2P. The molecule has 4 nitrogen and oxygen atoms in total. The fourth-order valence-corrected chi connectivity index (χ4v) is 13.6. The molecule has 0 saturated carbocycles. The van der Waals surface area contributed by atoms with Crippen molar-refractivity contribution in [2.24, 2.45) is 0 Å². The van der Waals surface area contributed by atoms with E-state index in [0.717, 1.165) is 67.8 Å². The van der Waals surface area contributed by atoms with Gasteiger partial charge in [-0.25, -0.2) is 0 Å². The number of fused-ring (bicyclic) bond motifs is 14. The molecule has 5 heteroatoms. The molecule has 0 fully saturated rings. The largest absolute Gasteiger partial charge is 0.456 e. The Morgan fingerprint density at radius 3 is 1.88 bits per heavy atom. The zero-order chi connectivity index (χ0) is 39.6. The van der Waals surface area contributed by atoms with Crippen molar-refractivity contribution in [3.63, 3.8) is 0 Å². The van der Waals surface area contributed by atoms with Crippen molar-refractivity contribution >= 4 is 66.7 Å². The van der Waals surface area contributed by atoms with Crippen LogP contribution in [0.15, 0.2) is 212 Å². The monoisotopic (exact) mass is 788 g/mol. The van der Waals surface area contributed by atoms with Crippen molar-refractivity contribution in [3.8, 4) is 17.1 Å². The Balaban J connectivity index is 1.08. The van der Waals surface area contributed by atoms with E-state index in [1.165, 1.54) is 49.8 Å². The standard InChI is InChI=1S/C55H37N2O2P/c58-60(37-16-3-1-4-17-37,38-18-5-2-6-19-38)39-32-30-36(31-33-39)56-48-27-12-8-21-42(48)52-50(56)35-34-46-54(52)59-51-29-14-10-24-44(51)55(46)43-23-9-13-28-49(43)57-47-26-11-7-20-40(47)41-22-15-25-45(55)53(41)57/h1-9,11-23,25-35H,10,24H2. The number of allylic oxidation sites excluding steroid dienone is 3. The fourth-order valence-electron chi connectivity index (χ4n) is 10.9. The summed E-state index contributed by atoms with van der Waals surface area (Å²) in [7, 11) is -3.14. The van der Waals surface area contributed by atoms with E-state index in [-0.39, 0.29) is 0 Å². The molecule has 1 spiro atoms. The smallest absolute Gasteiger partial charge is 0.171 e. The highest BCUT2D eigenvalue weighted by Gasteiger charge is 2.52. The fraction of sp³-hybridized carbons (Fsp3) is 0.0545. The number of nitrogens with zero attached hydrogens (tertiary/aromatic N) is 2. The lowest BCUT2D eigenvalue weighted by molar-refractivity contribution is 0.391. The molecule has 0 bridgehead atoms. The van der Waals surface area contributed by atoms with Gasteiger partial charge in [-0.05, 0) is 84.1 Å². The Kier molecular flexibility index (Phi) is 7.01. The summed E-state index contributed by atoms with van der Waals surface area (Å²) in [5, 5.41) is 7.20. The highest BCUT2D eigenvalue weighted by molar-refractivity contribution is 7.85. The summed E-state index contributed by atoms with van der Waals surface area (Å²) in [4.78, 5) is 0. The van der Waals surface area contributed by atoms with Gasteiger partial charge in [0.15, 0.2) is 7.14 Å². The van der Waals surface area contributed by atoms with Crippen molar-refractivity contribution in [2.45, 2.75) is 18.3 Å². The quantitative estimate of drug-likeness (QED) is 0.167. The summed E-state index contributed by atoms with van der Waals surface area (Å²) < 4.78 is 27.4. The first-order chi connectivity index (χ1) is 29.7. The van der Waals surface area contributed by atoms with Gasteiger partial charge in [-0.2, -0.15) is 0 Å². The zero-order valence-corrected chi connectivity index (χ0v) is 33.5. The number of para-hydroxylation sites is 4. The molecule has 1 aliphatic carbocycles. The molecule has 2 aromatic heterocycles. The van der Waals surface area contributed by atoms with Gasteiger partial charge in [0.05, 0.1) is 38.6 Å². The Morgan fingerprint density at radius 1 is 0.500 bits per heavy atom. The van der Waals surface area contributed by atoms with Gasteiger partial charge in [0.2, 0.25) is 0 Å². The van der Waals surface area contributed by atoms with Gasteiger partial charge in [0.1, 0.15) is 11.5 Å². The van der Waals surface area contributed by atoms with Crippen LogP contribution in [0, 0.1) is 0 Å². The van der Waals surface area contributed by atoms with E-state index in [1.807, 2.05) is 60.7 Å². The molecular weight excluding hydrogens is 752 g/mol. The molecule has 284 valence electrons. The van der Waals surface area contributed by atoms with Gasteiger partial charge in [-0.3, -0.25) is 0 Å². The Hall–Kier alpha value is -7.13. The zero-order valence-electron chi connectivity index (χ0n) is 32.6. The first kappa shape index (κ1) is 33.8. The average Bonchev–Trinajstić information content (AvgIpc) is 3.85. The number of rotatable bonds is 4. The second-order valence-corrected chi connectivity index (χ2v) is 19.0. The molecule has 4 heterocycles. The third kappa shape index (κ3) is 4.28. The van der Waals surface area contributed by atoms with Crippen LogP contribution in [0.4, 0.5) is 0 Å². The Morgan fingerprint density at radius 2 is 1.12 bits per heavy atom. The lowest BCUT2D eigenvalue weighted by atomic mass is 9.60. The lowest BCUT2D eigenvalue weighted by Gasteiger charge is -2.47. The SMILES string of the molecule is O=P(c1ccccc1)(c1ccccc1)c1ccc(-n2c3ccccc3c3c4c(ccc32)C2(C3=C(C=CCC3)O4)c3ccccc3-n3c4ccccc4c4cccc2c43)cc1. The van der Waals surface area contributed by atoms with E-state index in [1.54, 1.807) is 0 Å². The minimum atomic E-state index is -3.14. The van der Waals surface area contributed by atoms with Gasteiger partial charge in [-0.15, -0.1) is 0 Å². The highest BCUT2D eigenvalue weighted by Crippen LogP contribution is 2.61. The topological polar surface area (TPSA) is 36.2 Å². The molecule has 60 heavy (non-hydrogen) atoms. The highest BCUT2D eigenvalue weighted by atomic mass is 31.2. The maximum Gasteiger partial charge on any atom is 0.171 e. The van der Waals surface area contributed by atoms with E-state index in [0.29, 0.717) is 0 Å². The van der Waals surface area contributed by atoms with Crippen molar-refractivity contribution in [2.75, 3.05) is 0 Å². The summed E-state index contributed by atoms with van der Waals surface area (Å²) in [6.07, 6.45) is 6.33. The second kappa shape index (κ2) is 12.4. The van der Waals surface area contributed by atoms with Crippen LogP contribution in [0.1, 0.15) is 29.5 Å². The third-order valence-electron chi connectivity index (χ3n) is 13.3. The van der Waals surface area contributed by atoms with Crippen molar-refractivity contribution in [1.82, 2.24) is 9.13 Å². The van der Waals surface area contributed by atoms with Crippen LogP contribution in [0.2, 0.25) is 0 Å². The molecule has 0 N–H and O–H groups in total. The van der Waals surface area contributed by atoms with Gasteiger partial charge < -0.3 is 18.4 Å². The minimum Gasteiger partial charge on any atom is -0.456 e. The van der Waals surface area contributed by atoms with Crippen LogP contribution in [-0.2, 0) is 9.98 Å². The molecule has 1 atom stereocenters. The number of aromatic nitrogens is 2. The molecule has 3 aliphatic rings. The maximum atomic E-state index is 15.3. The number of benzene rings is 8. The lowest BCUT2D eigenvalue weighted by Crippen LogP contribution is -2.40. The summed E-state index contributed by atoms with van der Waals surface area (Å²) in [6, 6.07) is 66.2. The van der Waals surface area contributed by atoms with Crippen LogP contribution < -0.4 is 20.7 Å². The molecule has 10 aromatic rings. The predicted octanol–water partition coefficient (Wildman–Crippen LogP) is 12.2. The van der Waals surface area contributed by atoms with E-state index < -0.39 is 12.6 Å². The average molecular weight is 789 g/mol. The molecule has 1 unspecified atom stereocenters. The Bertz CT molecular complexity index is 3500. The number of hydrogen-bond acceptors (Lipinski definition) is 2. The predicted molar refractivity (Wildman–Crippen MR) is 247 cm³/mol. The molecule has 2 aliphatic heterocycles. The van der Waals surface area contributed by atoms with Gasteiger partial charge >= 0.3 is 0 Å². The Labute approximate surface area is 347 Å². The van der Waals surface area contributed by atoms with Gasteiger partial charge in [-0.1, -0.05) is 146 Å². The van der Waals surface area contributed by atoms with E-state index in [4.69, 9.17) is 4.74 Å². The summed E-state index contributed by atoms with van der Waals surface area (Å²) in [6.45, 7) is 0. The van der Waals surface area contributed by atoms with Crippen molar-refractivity contribution < 1.29 is 9.30 Å². The molecule has 0 amide bonds. The van der Waals surface area contributed by atoms with E-state index >= 15 is 4.57 Å². The van der Waals surface area contributed by atoms with Crippen molar-refractivity contribution in [3.05, 3.63) is 228 Å². The number of ether oxygens (including phenoxy) is 1. The molecule has 13 rings (SSSR count). The van der Waals surface area contributed by atoms with Crippen LogP contribution >= 0.6 is 7.14 Å². The summed E-state index contributed by atoms with van der Waals surface area (Å²) in [5.41, 5.74) is 11.3. The summed E-state index contributed by atoms with van der Waals surface area (Å²) >= 11 is 0. The van der Waals surface area contributed by atoms with E-state index in [2.05, 4.69) is 149 Å². The van der Waals surface area contributed by atoms with Gasteiger partial charge in [0, 0.05) is 43.3 Å². The van der Waals surface area contributed by atoms with Crippen LogP contribution in [-0.4, -0.2) is 9.13 Å². The maximum absolute atomic E-state index is 15.3. The van der Waals surface area contributed by atoms with E-state index in [9.17, 15) is 0 Å². The second-order valence-electron chi connectivity index (χ2n) is 16.2. The van der Waals surface area contributed by atoms with Crippen LogP contribution in [0.5, 0.6) is 5.75 Å². The minimum absolute atomic E-state index is 0.580. The first-order valence-corrected chi connectivity index (χ1v) is 22.5. The molecule has 0 radical (unpaired) electrons. The normalized spacial score (nSPS) is 16.7. The van der Waals surface area contributed by atoms with Crippen LogP contribution in [0.25, 0.3) is 55.0 Å². The molecule has 8 aromatic carbocycles. The first-order valence-electron chi connectivity index (χ1n) is 20.8. The van der Waals surface area contributed by atoms with Crippen LogP contribution in [0.3, 0.4) is 0 Å². The molecule has 0 saturated heterocycles. The summed E-state index contributed by atoms with van der Waals surface area (Å²) in [5.74, 6) is 1.84. The third-order valence-corrected chi connectivity index (χ3v) is 16.4. The number of hydrogen-bond donors (Lipinski definition) is 0.